The van der Waals surface area contributed by atoms with Crippen LogP contribution in [0.15, 0.2) is 36.9 Å². The molecule has 33 heavy (non-hydrogen) atoms. The fourth-order valence-electron chi connectivity index (χ4n) is 3.46. The highest BCUT2D eigenvalue weighted by atomic mass is 35.5. The first-order chi connectivity index (χ1) is 16.0. The number of nitrogens with zero attached hydrogens (tertiary/aromatic N) is 7. The smallest absolute Gasteiger partial charge is 0.193 e. The Balaban J connectivity index is 1.55. The minimum absolute atomic E-state index is 0.0393. The van der Waals surface area contributed by atoms with E-state index in [1.165, 1.54) is 17.2 Å². The van der Waals surface area contributed by atoms with Crippen molar-refractivity contribution in [3.63, 3.8) is 0 Å². The topological polar surface area (TPSA) is 109 Å². The van der Waals surface area contributed by atoms with Gasteiger partial charge in [0.05, 0.1) is 42.4 Å². The third kappa shape index (κ3) is 5.36. The van der Waals surface area contributed by atoms with Crippen molar-refractivity contribution >= 4 is 34.6 Å². The average molecular weight is 490 g/mol. The number of carbonyl (C=O) groups is 1. The van der Waals surface area contributed by atoms with Crippen LogP contribution in [0.3, 0.4) is 0 Å². The number of fused-ring (bicyclic) bond motifs is 1. The third-order valence-corrected chi connectivity index (χ3v) is 5.35. The molecule has 12 heteroatoms. The maximum atomic E-state index is 12.9. The van der Waals surface area contributed by atoms with Crippen molar-refractivity contribution in [2.24, 2.45) is 0 Å². The average Bonchev–Trinajstić information content (AvgIpc) is 3.43. The molecule has 0 aromatic carbocycles. The van der Waals surface area contributed by atoms with Gasteiger partial charge in [-0.15, -0.1) is 4.80 Å². The molecule has 0 unspecified atom stereocenters. The molecule has 0 saturated heterocycles. The summed E-state index contributed by atoms with van der Waals surface area (Å²) >= 11 is 12.4. The van der Waals surface area contributed by atoms with E-state index in [0.29, 0.717) is 51.7 Å². The summed E-state index contributed by atoms with van der Waals surface area (Å²) in [7, 11) is 1.61. The van der Waals surface area contributed by atoms with Gasteiger partial charge in [-0.2, -0.15) is 15.3 Å². The summed E-state index contributed by atoms with van der Waals surface area (Å²) in [6.45, 7) is 2.73. The molecule has 4 aromatic heterocycles. The zero-order valence-corrected chi connectivity index (χ0v) is 19.5. The highest BCUT2D eigenvalue weighted by molar-refractivity contribution is 6.32. The normalized spacial score (nSPS) is 12.4. The van der Waals surface area contributed by atoms with Crippen LogP contribution in [0.4, 0.5) is 0 Å². The zero-order valence-electron chi connectivity index (χ0n) is 18.0. The van der Waals surface area contributed by atoms with Crippen molar-refractivity contribution in [3.05, 3.63) is 63.9 Å². The molecule has 0 aliphatic rings. The standard InChI is InChI=1S/C21H21Cl2N7O3/c1-13(33-6-5-32-2)20-15(12-24-19-10-18(23)28-29(19)20)9-16(31)7-14-8-17(22)21(25-11-14)30-26-3-4-27-30/h3-4,8,10-13H,5-7,9H2,1-2H3/t13-/m0/s1. The molecule has 172 valence electrons. The molecule has 0 radical (unpaired) electrons. The lowest BCUT2D eigenvalue weighted by molar-refractivity contribution is -0.117. The summed E-state index contributed by atoms with van der Waals surface area (Å²) < 4.78 is 12.6. The second-order valence-corrected chi connectivity index (χ2v) is 8.07. The van der Waals surface area contributed by atoms with E-state index in [2.05, 4.69) is 25.3 Å². The van der Waals surface area contributed by atoms with Crippen LogP contribution in [0.1, 0.15) is 29.8 Å². The molecule has 0 N–H and O–H groups in total. The molecular formula is C21H21Cl2N7O3. The predicted molar refractivity (Wildman–Crippen MR) is 121 cm³/mol. The van der Waals surface area contributed by atoms with Crippen molar-refractivity contribution in [3.8, 4) is 5.82 Å². The summed E-state index contributed by atoms with van der Waals surface area (Å²) in [5.74, 6) is 0.356. The lowest BCUT2D eigenvalue weighted by Crippen LogP contribution is -2.17. The van der Waals surface area contributed by atoms with Gasteiger partial charge in [-0.25, -0.2) is 14.5 Å². The van der Waals surface area contributed by atoms with E-state index >= 15 is 0 Å². The molecule has 4 rings (SSSR count). The maximum absolute atomic E-state index is 12.9. The molecule has 0 bridgehead atoms. The fraction of sp³-hybridized carbons (Fsp3) is 0.333. The summed E-state index contributed by atoms with van der Waals surface area (Å²) in [6.07, 6.45) is 6.24. The van der Waals surface area contributed by atoms with E-state index < -0.39 is 0 Å². The third-order valence-electron chi connectivity index (χ3n) is 4.89. The van der Waals surface area contributed by atoms with Gasteiger partial charge < -0.3 is 9.47 Å². The Hall–Kier alpha value is -2.92. The largest absolute Gasteiger partial charge is 0.382 e. The number of Topliss-reactive ketones (excluding diaryl/α,β-unsaturated/α-hetero) is 1. The molecule has 4 heterocycles. The Kier molecular flexibility index (Phi) is 7.29. The lowest BCUT2D eigenvalue weighted by Gasteiger charge is -2.18. The summed E-state index contributed by atoms with van der Waals surface area (Å²) in [5, 5.41) is 13.0. The minimum Gasteiger partial charge on any atom is -0.382 e. The highest BCUT2D eigenvalue weighted by Gasteiger charge is 2.20. The van der Waals surface area contributed by atoms with E-state index in [9.17, 15) is 4.79 Å². The Morgan fingerprint density at radius 2 is 1.88 bits per heavy atom. The van der Waals surface area contributed by atoms with Crippen LogP contribution < -0.4 is 0 Å². The first kappa shape index (κ1) is 23.2. The summed E-state index contributed by atoms with van der Waals surface area (Å²) in [6, 6.07) is 3.35. The number of hydrogen-bond donors (Lipinski definition) is 0. The number of carbonyl (C=O) groups excluding carboxylic acids is 1. The van der Waals surface area contributed by atoms with Crippen LogP contribution in [-0.4, -0.2) is 60.7 Å². The van der Waals surface area contributed by atoms with E-state index in [4.69, 9.17) is 32.7 Å². The van der Waals surface area contributed by atoms with Crippen molar-refractivity contribution in [1.82, 2.24) is 34.6 Å². The highest BCUT2D eigenvalue weighted by Crippen LogP contribution is 2.25. The van der Waals surface area contributed by atoms with E-state index in [-0.39, 0.29) is 24.7 Å². The summed E-state index contributed by atoms with van der Waals surface area (Å²) in [4.78, 5) is 22.9. The molecule has 0 aliphatic heterocycles. The van der Waals surface area contributed by atoms with Crippen molar-refractivity contribution < 1.29 is 14.3 Å². The SMILES string of the molecule is COCCO[C@@H](C)c1c(CC(=O)Cc2cnc(-n3nccn3)c(Cl)c2)cnc2cc(Cl)nn12. The Morgan fingerprint density at radius 1 is 1.09 bits per heavy atom. The van der Waals surface area contributed by atoms with Gasteiger partial charge >= 0.3 is 0 Å². The zero-order chi connectivity index (χ0) is 23.4. The lowest BCUT2D eigenvalue weighted by atomic mass is 10.0. The van der Waals surface area contributed by atoms with Gasteiger partial charge in [-0.05, 0) is 18.6 Å². The first-order valence-corrected chi connectivity index (χ1v) is 10.9. The number of aromatic nitrogens is 7. The van der Waals surface area contributed by atoms with Gasteiger partial charge in [0.1, 0.15) is 5.78 Å². The van der Waals surface area contributed by atoms with Gasteiger partial charge in [-0.1, -0.05) is 23.2 Å². The van der Waals surface area contributed by atoms with Crippen molar-refractivity contribution in [2.45, 2.75) is 25.9 Å². The molecule has 10 nitrogen and oxygen atoms in total. The molecule has 1 atom stereocenters. The van der Waals surface area contributed by atoms with Crippen LogP contribution in [0.25, 0.3) is 11.5 Å². The first-order valence-electron chi connectivity index (χ1n) is 10.1. The second kappa shape index (κ2) is 10.3. The van der Waals surface area contributed by atoms with Gasteiger partial charge in [-0.3, -0.25) is 4.79 Å². The molecule has 0 saturated carbocycles. The number of ketones is 1. The van der Waals surface area contributed by atoms with Crippen LogP contribution in [0, 0.1) is 0 Å². The van der Waals surface area contributed by atoms with E-state index in [1.807, 2.05) is 6.92 Å². The molecule has 0 fully saturated rings. The van der Waals surface area contributed by atoms with Gasteiger partial charge in [0.2, 0.25) is 0 Å². The van der Waals surface area contributed by atoms with Gasteiger partial charge in [0.25, 0.3) is 0 Å². The quantitative estimate of drug-likeness (QED) is 0.312. The monoisotopic (exact) mass is 489 g/mol. The van der Waals surface area contributed by atoms with Gasteiger partial charge in [0, 0.05) is 44.0 Å². The number of rotatable bonds is 10. The Labute approximate surface area is 199 Å². The molecule has 0 amide bonds. The van der Waals surface area contributed by atoms with E-state index in [1.54, 1.807) is 36.2 Å². The number of pyridine rings is 1. The van der Waals surface area contributed by atoms with Crippen molar-refractivity contribution in [1.29, 1.82) is 0 Å². The fourth-order valence-corrected chi connectivity index (χ4v) is 3.89. The van der Waals surface area contributed by atoms with Crippen LogP contribution in [0.2, 0.25) is 10.2 Å². The molecular weight excluding hydrogens is 469 g/mol. The van der Waals surface area contributed by atoms with Crippen LogP contribution >= 0.6 is 23.2 Å². The Morgan fingerprint density at radius 3 is 2.61 bits per heavy atom. The molecule has 0 spiro atoms. The molecule has 4 aromatic rings. The number of methoxy groups -OCH3 is 1. The maximum Gasteiger partial charge on any atom is 0.193 e. The Bertz CT molecular complexity index is 1260. The second-order valence-electron chi connectivity index (χ2n) is 7.27. The van der Waals surface area contributed by atoms with Crippen LogP contribution in [-0.2, 0) is 27.1 Å². The summed E-state index contributed by atoms with van der Waals surface area (Å²) in [5.41, 5.74) is 2.68. The van der Waals surface area contributed by atoms with Crippen LogP contribution in [0.5, 0.6) is 0 Å². The van der Waals surface area contributed by atoms with E-state index in [0.717, 1.165) is 0 Å². The van der Waals surface area contributed by atoms with Crippen molar-refractivity contribution in [2.75, 3.05) is 20.3 Å². The number of hydrogen-bond acceptors (Lipinski definition) is 8. The molecule has 0 aliphatic carbocycles. The van der Waals surface area contributed by atoms with Gasteiger partial charge in [0.15, 0.2) is 16.6 Å². The number of ether oxygens (including phenoxy) is 2. The predicted octanol–water partition coefficient (Wildman–Crippen LogP) is 3.09. The minimum atomic E-state index is -0.360. The number of halogens is 2.